The van der Waals surface area contributed by atoms with E-state index in [4.69, 9.17) is 17.3 Å². The maximum absolute atomic E-state index is 6.19. The number of nitrogens with zero attached hydrogens (tertiary/aromatic N) is 1. The Hall–Kier alpha value is -0.870. The highest BCUT2D eigenvalue weighted by Gasteiger charge is 2.36. The van der Waals surface area contributed by atoms with Crippen LogP contribution in [-0.2, 0) is 19.4 Å². The van der Waals surface area contributed by atoms with Crippen LogP contribution in [0.2, 0.25) is 4.34 Å². The van der Waals surface area contributed by atoms with Gasteiger partial charge in [-0.3, -0.25) is 4.90 Å². The second-order valence-electron chi connectivity index (χ2n) is 5.94. The Kier molecular flexibility index (Phi) is 4.36. The number of rotatable bonds is 4. The third kappa shape index (κ3) is 3.02. The average Bonchev–Trinajstić information content (AvgIpc) is 2.91. The van der Waals surface area contributed by atoms with Gasteiger partial charge in [0.05, 0.1) is 4.34 Å². The Balaban J connectivity index is 1.81. The fraction of sp³-hybridized carbons (Fsp3) is 0.412. The number of likely N-dealkylation sites (N-methyl/N-ethyl adjacent to an activating group) is 1. The SMILES string of the molecule is CN(Cc1ccc(Cl)s1)C1(CN)CCc2ccccc2C1. The van der Waals surface area contributed by atoms with Gasteiger partial charge in [-0.25, -0.2) is 0 Å². The Morgan fingerprint density at radius 2 is 2.00 bits per heavy atom. The molecule has 0 spiro atoms. The molecule has 1 aromatic heterocycles. The molecule has 0 radical (unpaired) electrons. The highest BCUT2D eigenvalue weighted by Crippen LogP contribution is 2.34. The molecule has 0 amide bonds. The lowest BCUT2D eigenvalue weighted by molar-refractivity contribution is 0.102. The molecule has 0 bridgehead atoms. The summed E-state index contributed by atoms with van der Waals surface area (Å²) in [5, 5.41) is 0. The molecule has 2 aromatic rings. The molecule has 1 aromatic carbocycles. The normalized spacial score (nSPS) is 21.5. The summed E-state index contributed by atoms with van der Waals surface area (Å²) in [7, 11) is 2.19. The van der Waals surface area contributed by atoms with E-state index >= 15 is 0 Å². The minimum absolute atomic E-state index is 0.0603. The van der Waals surface area contributed by atoms with Gasteiger partial charge in [-0.2, -0.15) is 0 Å². The van der Waals surface area contributed by atoms with Crippen LogP contribution in [0.5, 0.6) is 0 Å². The first-order valence-corrected chi connectivity index (χ1v) is 8.55. The van der Waals surface area contributed by atoms with Gasteiger partial charge in [0.25, 0.3) is 0 Å². The molecule has 1 aliphatic rings. The van der Waals surface area contributed by atoms with Crippen LogP contribution < -0.4 is 5.73 Å². The van der Waals surface area contributed by atoms with Gasteiger partial charge < -0.3 is 5.73 Å². The number of nitrogens with two attached hydrogens (primary N) is 1. The van der Waals surface area contributed by atoms with Crippen molar-refractivity contribution in [2.24, 2.45) is 5.73 Å². The van der Waals surface area contributed by atoms with E-state index in [1.54, 1.807) is 11.3 Å². The lowest BCUT2D eigenvalue weighted by atomic mass is 9.77. The largest absolute Gasteiger partial charge is 0.329 e. The molecule has 0 fully saturated rings. The van der Waals surface area contributed by atoms with Gasteiger partial charge in [0.15, 0.2) is 0 Å². The number of halogens is 1. The van der Waals surface area contributed by atoms with Gasteiger partial charge in [0.1, 0.15) is 0 Å². The summed E-state index contributed by atoms with van der Waals surface area (Å²) < 4.78 is 0.856. The van der Waals surface area contributed by atoms with E-state index in [0.717, 1.165) is 30.1 Å². The van der Waals surface area contributed by atoms with E-state index in [2.05, 4.69) is 42.3 Å². The molecule has 0 saturated heterocycles. The monoisotopic (exact) mass is 320 g/mol. The van der Waals surface area contributed by atoms with Crippen molar-refractivity contribution >= 4 is 22.9 Å². The lowest BCUT2D eigenvalue weighted by Crippen LogP contribution is -2.55. The number of fused-ring (bicyclic) bond motifs is 1. The standard InChI is InChI=1S/C17H21ClN2S/c1-20(11-15-6-7-16(18)21-15)17(12-19)9-8-13-4-2-3-5-14(13)10-17/h2-7H,8-12,19H2,1H3. The molecular formula is C17H21ClN2S. The second kappa shape index (κ2) is 6.09. The molecule has 21 heavy (non-hydrogen) atoms. The zero-order valence-corrected chi connectivity index (χ0v) is 13.9. The summed E-state index contributed by atoms with van der Waals surface area (Å²) in [4.78, 5) is 3.72. The smallest absolute Gasteiger partial charge is 0.0931 e. The Labute approximate surface area is 135 Å². The summed E-state index contributed by atoms with van der Waals surface area (Å²) in [6, 6.07) is 12.8. The van der Waals surface area contributed by atoms with Crippen LogP contribution in [-0.4, -0.2) is 24.0 Å². The highest BCUT2D eigenvalue weighted by molar-refractivity contribution is 7.16. The van der Waals surface area contributed by atoms with Gasteiger partial charge in [0, 0.05) is 23.5 Å². The minimum atomic E-state index is 0.0603. The zero-order valence-electron chi connectivity index (χ0n) is 12.3. The summed E-state index contributed by atoms with van der Waals surface area (Å²) in [6.07, 6.45) is 3.27. The summed E-state index contributed by atoms with van der Waals surface area (Å²) >= 11 is 7.70. The van der Waals surface area contributed by atoms with Crippen molar-refractivity contribution in [3.05, 3.63) is 56.7 Å². The molecule has 3 rings (SSSR count). The van der Waals surface area contributed by atoms with Gasteiger partial charge in [-0.1, -0.05) is 35.9 Å². The van der Waals surface area contributed by atoms with Crippen LogP contribution in [0.4, 0.5) is 0 Å². The predicted molar refractivity (Wildman–Crippen MR) is 91.0 cm³/mol. The first-order chi connectivity index (χ1) is 10.1. The number of benzene rings is 1. The predicted octanol–water partition coefficient (Wildman–Crippen LogP) is 3.72. The molecule has 0 aliphatic heterocycles. The van der Waals surface area contributed by atoms with E-state index in [-0.39, 0.29) is 5.54 Å². The van der Waals surface area contributed by atoms with E-state index in [9.17, 15) is 0 Å². The average molecular weight is 321 g/mol. The highest BCUT2D eigenvalue weighted by atomic mass is 35.5. The zero-order chi connectivity index (χ0) is 14.9. The molecular weight excluding hydrogens is 300 g/mol. The third-order valence-corrected chi connectivity index (χ3v) is 5.93. The number of hydrogen-bond acceptors (Lipinski definition) is 3. The van der Waals surface area contributed by atoms with Crippen molar-refractivity contribution in [2.75, 3.05) is 13.6 Å². The summed E-state index contributed by atoms with van der Waals surface area (Å²) in [5.41, 5.74) is 9.18. The van der Waals surface area contributed by atoms with Gasteiger partial charge in [-0.15, -0.1) is 11.3 Å². The quantitative estimate of drug-likeness (QED) is 0.930. The second-order valence-corrected chi connectivity index (χ2v) is 7.74. The van der Waals surface area contributed by atoms with Gasteiger partial charge in [-0.05, 0) is 49.6 Å². The van der Waals surface area contributed by atoms with Crippen molar-refractivity contribution < 1.29 is 0 Å². The molecule has 4 heteroatoms. The minimum Gasteiger partial charge on any atom is -0.329 e. The molecule has 112 valence electrons. The van der Waals surface area contributed by atoms with Crippen molar-refractivity contribution in [1.82, 2.24) is 4.90 Å². The summed E-state index contributed by atoms with van der Waals surface area (Å²) in [5.74, 6) is 0. The van der Waals surface area contributed by atoms with E-state index < -0.39 is 0 Å². The van der Waals surface area contributed by atoms with Crippen LogP contribution in [0.15, 0.2) is 36.4 Å². The maximum Gasteiger partial charge on any atom is 0.0931 e. The Morgan fingerprint density at radius 1 is 1.24 bits per heavy atom. The molecule has 1 unspecified atom stereocenters. The van der Waals surface area contributed by atoms with Crippen LogP contribution in [0, 0.1) is 0 Å². The molecule has 2 N–H and O–H groups in total. The first kappa shape index (κ1) is 15.0. The van der Waals surface area contributed by atoms with Crippen LogP contribution >= 0.6 is 22.9 Å². The number of thiophene rings is 1. The first-order valence-electron chi connectivity index (χ1n) is 7.35. The third-order valence-electron chi connectivity index (χ3n) is 4.71. The van der Waals surface area contributed by atoms with Crippen molar-refractivity contribution in [3.63, 3.8) is 0 Å². The Morgan fingerprint density at radius 3 is 2.67 bits per heavy atom. The van der Waals surface area contributed by atoms with E-state index in [0.29, 0.717) is 6.54 Å². The molecule has 1 heterocycles. The van der Waals surface area contributed by atoms with E-state index in [1.165, 1.54) is 16.0 Å². The van der Waals surface area contributed by atoms with Crippen molar-refractivity contribution in [3.8, 4) is 0 Å². The van der Waals surface area contributed by atoms with Crippen molar-refractivity contribution in [1.29, 1.82) is 0 Å². The van der Waals surface area contributed by atoms with Crippen molar-refractivity contribution in [2.45, 2.75) is 31.3 Å². The van der Waals surface area contributed by atoms with Crippen LogP contribution in [0.3, 0.4) is 0 Å². The Bertz CT molecular complexity index is 625. The van der Waals surface area contributed by atoms with E-state index in [1.807, 2.05) is 6.07 Å². The number of aryl methyl sites for hydroxylation is 1. The molecule has 1 atom stereocenters. The van der Waals surface area contributed by atoms with Crippen LogP contribution in [0.1, 0.15) is 22.4 Å². The molecule has 1 aliphatic carbocycles. The lowest BCUT2D eigenvalue weighted by Gasteiger charge is -2.44. The molecule has 2 nitrogen and oxygen atoms in total. The van der Waals surface area contributed by atoms with Crippen LogP contribution in [0.25, 0.3) is 0 Å². The number of hydrogen-bond donors (Lipinski definition) is 1. The fourth-order valence-corrected chi connectivity index (χ4v) is 4.42. The summed E-state index contributed by atoms with van der Waals surface area (Å²) in [6.45, 7) is 1.60. The topological polar surface area (TPSA) is 29.3 Å². The molecule has 0 saturated carbocycles. The van der Waals surface area contributed by atoms with Gasteiger partial charge >= 0.3 is 0 Å². The fourth-order valence-electron chi connectivity index (χ4n) is 3.28. The maximum atomic E-state index is 6.19. The van der Waals surface area contributed by atoms with Gasteiger partial charge in [0.2, 0.25) is 0 Å².